The molecule has 1 atom stereocenters. The molecule has 0 spiro atoms. The second-order valence-corrected chi connectivity index (χ2v) is 8.18. The van der Waals surface area contributed by atoms with E-state index in [1.165, 1.54) is 13.3 Å². The molecule has 0 fully saturated rings. The predicted molar refractivity (Wildman–Crippen MR) is 143 cm³/mol. The van der Waals surface area contributed by atoms with E-state index in [9.17, 15) is 9.59 Å². The van der Waals surface area contributed by atoms with Gasteiger partial charge in [-0.1, -0.05) is 18.2 Å². The van der Waals surface area contributed by atoms with Gasteiger partial charge in [0.15, 0.2) is 29.8 Å². The Labute approximate surface area is 225 Å². The highest BCUT2D eigenvalue weighted by Gasteiger charge is 2.32. The number of hydrazone groups is 1. The largest absolute Gasteiger partial charge is 0.493 e. The number of esters is 1. The van der Waals surface area contributed by atoms with Gasteiger partial charge in [-0.25, -0.2) is 10.2 Å². The molecule has 0 saturated heterocycles. The van der Waals surface area contributed by atoms with E-state index in [0.29, 0.717) is 44.8 Å². The van der Waals surface area contributed by atoms with Crippen LogP contribution in [0.2, 0.25) is 0 Å². The second-order valence-electron chi connectivity index (χ2n) is 7.77. The minimum atomic E-state index is -0.629. The molecule has 2 aromatic rings. The Morgan fingerprint density at radius 1 is 1.18 bits per heavy atom. The summed E-state index contributed by atoms with van der Waals surface area (Å²) in [4.78, 5) is 25.1. The lowest BCUT2D eigenvalue weighted by Gasteiger charge is -2.30. The van der Waals surface area contributed by atoms with Crippen LogP contribution in [0.4, 0.5) is 0 Å². The summed E-state index contributed by atoms with van der Waals surface area (Å²) < 4.78 is 21.5. The van der Waals surface area contributed by atoms with E-state index in [2.05, 4.69) is 21.2 Å². The SMILES string of the molecule is CCOC(=O)C1=C(C)NC(=S)N[C@H]1c1ccccc1OCC(=O)NN=Cc1ccc(OCC#N)c(OC)c1. The van der Waals surface area contributed by atoms with Crippen LogP contribution in [0.3, 0.4) is 0 Å². The number of carbonyl (C=O) groups is 2. The van der Waals surface area contributed by atoms with Crippen LogP contribution >= 0.6 is 12.2 Å². The number of carbonyl (C=O) groups excluding carboxylic acids is 2. The summed E-state index contributed by atoms with van der Waals surface area (Å²) >= 11 is 5.29. The molecule has 0 bridgehead atoms. The van der Waals surface area contributed by atoms with Gasteiger partial charge in [-0.15, -0.1) is 0 Å². The molecule has 3 rings (SSSR count). The third-order valence-electron chi connectivity index (χ3n) is 5.24. The Kier molecular flexibility index (Phi) is 10.0. The first-order valence-electron chi connectivity index (χ1n) is 11.5. The molecule has 2 aromatic carbocycles. The van der Waals surface area contributed by atoms with E-state index in [0.717, 1.165) is 0 Å². The van der Waals surface area contributed by atoms with Gasteiger partial charge >= 0.3 is 5.97 Å². The van der Waals surface area contributed by atoms with Gasteiger partial charge in [0.25, 0.3) is 5.91 Å². The van der Waals surface area contributed by atoms with Crippen molar-refractivity contribution in [2.24, 2.45) is 5.10 Å². The fourth-order valence-electron chi connectivity index (χ4n) is 3.61. The lowest BCUT2D eigenvalue weighted by molar-refractivity contribution is -0.139. The highest BCUT2D eigenvalue weighted by molar-refractivity contribution is 7.80. The van der Waals surface area contributed by atoms with Gasteiger partial charge in [0.05, 0.1) is 31.5 Å². The Hall–Kier alpha value is -4.63. The number of rotatable bonds is 11. The van der Waals surface area contributed by atoms with E-state index in [4.69, 9.17) is 36.4 Å². The van der Waals surface area contributed by atoms with Gasteiger partial charge < -0.3 is 29.6 Å². The van der Waals surface area contributed by atoms with Crippen LogP contribution in [0.1, 0.15) is 31.0 Å². The van der Waals surface area contributed by atoms with Crippen molar-refractivity contribution < 1.29 is 28.5 Å². The van der Waals surface area contributed by atoms with Crippen molar-refractivity contribution in [1.82, 2.24) is 16.1 Å². The zero-order valence-corrected chi connectivity index (χ0v) is 21.9. The van der Waals surface area contributed by atoms with Gasteiger partial charge in [0.1, 0.15) is 11.8 Å². The molecule has 0 aromatic heterocycles. The predicted octanol–water partition coefficient (Wildman–Crippen LogP) is 2.48. The maximum Gasteiger partial charge on any atom is 0.338 e. The smallest absolute Gasteiger partial charge is 0.338 e. The first kappa shape index (κ1) is 27.9. The number of hydrogen-bond donors (Lipinski definition) is 3. The van der Waals surface area contributed by atoms with Crippen LogP contribution in [-0.4, -0.2) is 50.1 Å². The van der Waals surface area contributed by atoms with Crippen molar-refractivity contribution in [1.29, 1.82) is 5.26 Å². The summed E-state index contributed by atoms with van der Waals surface area (Å²) in [5.41, 5.74) is 4.59. The van der Waals surface area contributed by atoms with Crippen molar-refractivity contribution >= 4 is 35.4 Å². The molecule has 1 aliphatic rings. The van der Waals surface area contributed by atoms with Crippen molar-refractivity contribution in [3.05, 3.63) is 64.9 Å². The maximum absolute atomic E-state index is 12.7. The molecule has 1 heterocycles. The molecule has 1 amide bonds. The average Bonchev–Trinajstić information content (AvgIpc) is 2.90. The summed E-state index contributed by atoms with van der Waals surface area (Å²) in [6.07, 6.45) is 1.43. The van der Waals surface area contributed by atoms with Gasteiger partial charge in [0.2, 0.25) is 0 Å². The first-order valence-corrected chi connectivity index (χ1v) is 12.0. The highest BCUT2D eigenvalue weighted by Crippen LogP contribution is 2.33. The maximum atomic E-state index is 12.7. The third-order valence-corrected chi connectivity index (χ3v) is 5.46. The lowest BCUT2D eigenvalue weighted by atomic mass is 9.95. The third kappa shape index (κ3) is 7.21. The number of amides is 1. The van der Waals surface area contributed by atoms with E-state index in [-0.39, 0.29) is 19.8 Å². The highest BCUT2D eigenvalue weighted by atomic mass is 32.1. The lowest BCUT2D eigenvalue weighted by Crippen LogP contribution is -2.45. The van der Waals surface area contributed by atoms with E-state index >= 15 is 0 Å². The minimum absolute atomic E-state index is 0.108. The summed E-state index contributed by atoms with van der Waals surface area (Å²) in [6.45, 7) is 3.25. The molecule has 1 aliphatic heterocycles. The standard InChI is InChI=1S/C26H27N5O6S/c1-4-35-25(33)23-16(2)29-26(38)30-24(23)18-7-5-6-8-19(18)37-15-22(32)31-28-14-17-9-10-20(36-12-11-27)21(13-17)34-3/h5-10,13-14,24H,4,12,15H2,1-3H3,(H,31,32)(H2,29,30,38)/t24-/m0/s1. The van der Waals surface area contributed by atoms with E-state index in [1.54, 1.807) is 56.3 Å². The number of nitrogens with zero attached hydrogens (tertiary/aromatic N) is 2. The quantitative estimate of drug-likeness (QED) is 0.169. The summed E-state index contributed by atoms with van der Waals surface area (Å²) in [7, 11) is 1.48. The number of methoxy groups -OCH3 is 1. The van der Waals surface area contributed by atoms with E-state index < -0.39 is 17.9 Å². The monoisotopic (exact) mass is 537 g/mol. The molecule has 0 unspecified atom stereocenters. The van der Waals surface area contributed by atoms with Gasteiger partial charge in [-0.2, -0.15) is 10.4 Å². The topological polar surface area (TPSA) is 143 Å². The zero-order chi connectivity index (χ0) is 27.5. The second kappa shape index (κ2) is 13.6. The summed E-state index contributed by atoms with van der Waals surface area (Å²) in [5.74, 6) is 0.250. The minimum Gasteiger partial charge on any atom is -0.493 e. The number of nitriles is 1. The number of para-hydroxylation sites is 1. The number of allylic oxidation sites excluding steroid dienone is 1. The summed E-state index contributed by atoms with van der Waals surface area (Å²) in [5, 5.41) is 19.0. The Morgan fingerprint density at radius 3 is 2.71 bits per heavy atom. The van der Waals surface area contributed by atoms with Crippen LogP contribution in [0.25, 0.3) is 0 Å². The fourth-order valence-corrected chi connectivity index (χ4v) is 3.88. The molecular weight excluding hydrogens is 510 g/mol. The van der Waals surface area contributed by atoms with Crippen molar-refractivity contribution in [3.63, 3.8) is 0 Å². The molecule has 0 radical (unpaired) electrons. The fraction of sp³-hybridized carbons (Fsp3) is 0.269. The molecule has 198 valence electrons. The van der Waals surface area contributed by atoms with Gasteiger partial charge in [-0.05, 0) is 55.9 Å². The van der Waals surface area contributed by atoms with Crippen molar-refractivity contribution in [2.75, 3.05) is 26.9 Å². The van der Waals surface area contributed by atoms with E-state index in [1.807, 2.05) is 6.07 Å². The molecule has 0 aliphatic carbocycles. The molecule has 3 N–H and O–H groups in total. The number of thiocarbonyl (C=S) groups is 1. The van der Waals surface area contributed by atoms with Crippen LogP contribution in [-0.2, 0) is 14.3 Å². The number of hydrogen-bond acceptors (Lipinski definition) is 9. The average molecular weight is 538 g/mol. The summed E-state index contributed by atoms with van der Waals surface area (Å²) in [6, 6.07) is 13.3. The molecule has 38 heavy (non-hydrogen) atoms. The first-order chi connectivity index (χ1) is 18.4. The molecule has 11 nitrogen and oxygen atoms in total. The number of benzene rings is 2. The number of ether oxygens (including phenoxy) is 4. The Balaban J connectivity index is 1.67. The van der Waals surface area contributed by atoms with Crippen LogP contribution in [0.15, 0.2) is 58.8 Å². The Morgan fingerprint density at radius 2 is 1.97 bits per heavy atom. The molecule has 0 saturated carbocycles. The Bertz CT molecular complexity index is 1300. The van der Waals surface area contributed by atoms with Crippen molar-refractivity contribution in [3.8, 4) is 23.3 Å². The van der Waals surface area contributed by atoms with Crippen LogP contribution in [0, 0.1) is 11.3 Å². The zero-order valence-electron chi connectivity index (χ0n) is 21.1. The van der Waals surface area contributed by atoms with Crippen molar-refractivity contribution in [2.45, 2.75) is 19.9 Å². The van der Waals surface area contributed by atoms with Crippen LogP contribution in [0.5, 0.6) is 17.2 Å². The molecular formula is C26H27N5O6S. The van der Waals surface area contributed by atoms with Gasteiger partial charge in [-0.3, -0.25) is 4.79 Å². The number of nitrogens with one attached hydrogen (secondary N) is 3. The molecule has 12 heteroatoms. The normalized spacial score (nSPS) is 14.7. The van der Waals surface area contributed by atoms with Crippen LogP contribution < -0.4 is 30.3 Å². The van der Waals surface area contributed by atoms with Gasteiger partial charge in [0, 0.05) is 11.3 Å².